The molecule has 0 aromatic heterocycles. The molecule has 0 unspecified atom stereocenters. The van der Waals surface area contributed by atoms with Crippen LogP contribution in [0.2, 0.25) is 5.02 Å². The summed E-state index contributed by atoms with van der Waals surface area (Å²) < 4.78 is 21.4. The Morgan fingerprint density at radius 3 is 2.54 bits per heavy atom. The molecule has 0 radical (unpaired) electrons. The molecule has 0 aliphatic rings. The summed E-state index contributed by atoms with van der Waals surface area (Å²) in [5, 5.41) is 0.569. The maximum atomic E-state index is 11.6. The molecule has 0 bridgehead atoms. The summed E-state index contributed by atoms with van der Waals surface area (Å²) in [5.74, 6) is 0.186. The molecular formula is C18H27ClO5. The largest absolute Gasteiger partial charge is 0.482 e. The number of carbonyl (C=O) groups is 1. The first-order valence-electron chi connectivity index (χ1n) is 8.23. The second kappa shape index (κ2) is 12.1. The van der Waals surface area contributed by atoms with Crippen LogP contribution in [-0.2, 0) is 19.0 Å². The molecule has 1 aromatic rings. The number of benzene rings is 1. The zero-order valence-electron chi connectivity index (χ0n) is 14.7. The number of carbonyl (C=O) groups excluding carboxylic acids is 1. The van der Waals surface area contributed by atoms with Crippen molar-refractivity contribution in [1.29, 1.82) is 0 Å². The molecule has 0 saturated carbocycles. The van der Waals surface area contributed by atoms with Gasteiger partial charge in [-0.25, -0.2) is 4.79 Å². The van der Waals surface area contributed by atoms with E-state index in [9.17, 15) is 4.79 Å². The summed E-state index contributed by atoms with van der Waals surface area (Å²) >= 11 is 5.89. The first-order chi connectivity index (χ1) is 11.5. The Morgan fingerprint density at radius 2 is 1.83 bits per heavy atom. The summed E-state index contributed by atoms with van der Waals surface area (Å²) in [4.78, 5) is 11.6. The quantitative estimate of drug-likeness (QED) is 0.420. The predicted octanol–water partition coefficient (Wildman–Crippen LogP) is 3.79. The van der Waals surface area contributed by atoms with Crippen molar-refractivity contribution in [2.75, 3.05) is 33.0 Å². The average molecular weight is 359 g/mol. The molecule has 0 amide bonds. The Bertz CT molecular complexity index is 490. The van der Waals surface area contributed by atoms with Crippen molar-refractivity contribution in [2.24, 2.45) is 0 Å². The van der Waals surface area contributed by atoms with Gasteiger partial charge >= 0.3 is 5.97 Å². The SMILES string of the molecule is Cc1ccc(Cl)cc1OCC(=O)OCCCOCCCOC(C)C. The average Bonchev–Trinajstić information content (AvgIpc) is 2.53. The Kier molecular flexibility index (Phi) is 10.5. The second-order valence-corrected chi connectivity index (χ2v) is 6.09. The number of esters is 1. The van der Waals surface area contributed by atoms with Crippen molar-refractivity contribution in [2.45, 2.75) is 39.7 Å². The van der Waals surface area contributed by atoms with Crippen molar-refractivity contribution >= 4 is 17.6 Å². The monoisotopic (exact) mass is 358 g/mol. The lowest BCUT2D eigenvalue weighted by Crippen LogP contribution is -2.16. The van der Waals surface area contributed by atoms with E-state index in [1.165, 1.54) is 0 Å². The van der Waals surface area contributed by atoms with Gasteiger partial charge in [-0.2, -0.15) is 0 Å². The van der Waals surface area contributed by atoms with E-state index in [2.05, 4.69) is 0 Å². The van der Waals surface area contributed by atoms with Gasteiger partial charge in [-0.3, -0.25) is 0 Å². The minimum Gasteiger partial charge on any atom is -0.482 e. The van der Waals surface area contributed by atoms with Gasteiger partial charge in [0.1, 0.15) is 5.75 Å². The molecule has 0 aliphatic carbocycles. The molecule has 0 atom stereocenters. The van der Waals surface area contributed by atoms with Gasteiger partial charge in [0.2, 0.25) is 0 Å². The number of hydrogen-bond donors (Lipinski definition) is 0. The Morgan fingerprint density at radius 1 is 1.12 bits per heavy atom. The fraction of sp³-hybridized carbons (Fsp3) is 0.611. The predicted molar refractivity (Wildman–Crippen MR) is 93.8 cm³/mol. The number of rotatable bonds is 12. The molecule has 1 aromatic carbocycles. The van der Waals surface area contributed by atoms with Crippen LogP contribution in [0.4, 0.5) is 0 Å². The summed E-state index contributed by atoms with van der Waals surface area (Å²) in [6, 6.07) is 5.30. The fourth-order valence-electron chi connectivity index (χ4n) is 1.84. The van der Waals surface area contributed by atoms with E-state index < -0.39 is 5.97 Å². The molecular weight excluding hydrogens is 332 g/mol. The van der Waals surface area contributed by atoms with E-state index in [0.29, 0.717) is 43.6 Å². The van der Waals surface area contributed by atoms with E-state index in [1.807, 2.05) is 26.8 Å². The maximum absolute atomic E-state index is 11.6. The van der Waals surface area contributed by atoms with Gasteiger partial charge in [0.25, 0.3) is 0 Å². The Balaban J connectivity index is 2.01. The van der Waals surface area contributed by atoms with Crippen LogP contribution >= 0.6 is 11.6 Å². The van der Waals surface area contributed by atoms with E-state index in [0.717, 1.165) is 12.0 Å². The lowest BCUT2D eigenvalue weighted by molar-refractivity contribution is -0.146. The van der Waals surface area contributed by atoms with E-state index in [-0.39, 0.29) is 12.7 Å². The standard InChI is InChI=1S/C18H27ClO5/c1-14(2)22-10-4-8-21-9-5-11-23-18(20)13-24-17-12-16(19)7-6-15(17)3/h6-7,12,14H,4-5,8-11,13H2,1-3H3. The minimum absolute atomic E-state index is 0.130. The molecule has 0 aliphatic heterocycles. The molecule has 6 heteroatoms. The van der Waals surface area contributed by atoms with Gasteiger partial charge in [-0.1, -0.05) is 17.7 Å². The molecule has 1 rings (SSSR count). The van der Waals surface area contributed by atoms with Crippen molar-refractivity contribution < 1.29 is 23.7 Å². The Labute approximate surface area is 149 Å². The topological polar surface area (TPSA) is 54.0 Å². The number of halogens is 1. The highest BCUT2D eigenvalue weighted by molar-refractivity contribution is 6.30. The molecule has 24 heavy (non-hydrogen) atoms. The molecule has 0 fully saturated rings. The number of aryl methyl sites for hydroxylation is 1. The lowest BCUT2D eigenvalue weighted by atomic mass is 10.2. The highest BCUT2D eigenvalue weighted by atomic mass is 35.5. The molecule has 0 spiro atoms. The van der Waals surface area contributed by atoms with Crippen LogP contribution in [-0.4, -0.2) is 45.1 Å². The normalized spacial score (nSPS) is 10.9. The van der Waals surface area contributed by atoms with Crippen LogP contribution in [0.1, 0.15) is 32.3 Å². The third-order valence-corrected chi connectivity index (χ3v) is 3.31. The fourth-order valence-corrected chi connectivity index (χ4v) is 2.00. The first kappa shape index (κ1) is 20.7. The molecule has 0 N–H and O–H groups in total. The minimum atomic E-state index is -0.403. The van der Waals surface area contributed by atoms with Crippen LogP contribution in [0.25, 0.3) is 0 Å². The summed E-state index contributed by atoms with van der Waals surface area (Å²) in [6.07, 6.45) is 1.78. The highest BCUT2D eigenvalue weighted by Crippen LogP contribution is 2.22. The van der Waals surface area contributed by atoms with Crippen molar-refractivity contribution in [3.63, 3.8) is 0 Å². The van der Waals surface area contributed by atoms with E-state index in [1.54, 1.807) is 12.1 Å². The van der Waals surface area contributed by atoms with E-state index in [4.69, 9.17) is 30.5 Å². The molecule has 136 valence electrons. The van der Waals surface area contributed by atoms with Gasteiger partial charge in [0, 0.05) is 31.3 Å². The molecule has 0 heterocycles. The van der Waals surface area contributed by atoms with Crippen molar-refractivity contribution in [3.05, 3.63) is 28.8 Å². The summed E-state index contributed by atoms with van der Waals surface area (Å²) in [7, 11) is 0. The third-order valence-electron chi connectivity index (χ3n) is 3.08. The number of hydrogen-bond acceptors (Lipinski definition) is 5. The zero-order valence-corrected chi connectivity index (χ0v) is 15.4. The zero-order chi connectivity index (χ0) is 17.8. The van der Waals surface area contributed by atoms with Gasteiger partial charge in [0.15, 0.2) is 6.61 Å². The van der Waals surface area contributed by atoms with Crippen LogP contribution in [0, 0.1) is 6.92 Å². The van der Waals surface area contributed by atoms with Crippen LogP contribution in [0.5, 0.6) is 5.75 Å². The molecule has 0 saturated heterocycles. The van der Waals surface area contributed by atoms with Crippen molar-refractivity contribution in [3.8, 4) is 5.75 Å². The van der Waals surface area contributed by atoms with Gasteiger partial charge in [0.05, 0.1) is 12.7 Å². The lowest BCUT2D eigenvalue weighted by Gasteiger charge is -2.10. The second-order valence-electron chi connectivity index (χ2n) is 5.66. The molecule has 5 nitrogen and oxygen atoms in total. The smallest absolute Gasteiger partial charge is 0.344 e. The first-order valence-corrected chi connectivity index (χ1v) is 8.60. The van der Waals surface area contributed by atoms with Crippen LogP contribution in [0.3, 0.4) is 0 Å². The number of ether oxygens (including phenoxy) is 4. The maximum Gasteiger partial charge on any atom is 0.344 e. The van der Waals surface area contributed by atoms with Gasteiger partial charge < -0.3 is 18.9 Å². The van der Waals surface area contributed by atoms with Crippen molar-refractivity contribution in [1.82, 2.24) is 0 Å². The third kappa shape index (κ3) is 9.75. The van der Waals surface area contributed by atoms with E-state index >= 15 is 0 Å². The summed E-state index contributed by atoms with van der Waals surface area (Å²) in [5.41, 5.74) is 0.919. The van der Waals surface area contributed by atoms with Crippen LogP contribution in [0.15, 0.2) is 18.2 Å². The Hall–Kier alpha value is -1.30. The van der Waals surface area contributed by atoms with Gasteiger partial charge in [-0.15, -0.1) is 0 Å². The highest BCUT2D eigenvalue weighted by Gasteiger charge is 2.06. The van der Waals surface area contributed by atoms with Crippen LogP contribution < -0.4 is 4.74 Å². The van der Waals surface area contributed by atoms with Gasteiger partial charge in [-0.05, 0) is 44.9 Å². The summed E-state index contributed by atoms with van der Waals surface area (Å²) in [6.45, 7) is 8.00.